The molecule has 2 heterocycles. The first-order chi connectivity index (χ1) is 12.8. The molecule has 0 bridgehead atoms. The largest absolute Gasteiger partial charge is 0.310 e. The van der Waals surface area contributed by atoms with Crippen LogP contribution in [0.25, 0.3) is 0 Å². The van der Waals surface area contributed by atoms with Crippen molar-refractivity contribution >= 4 is 11.7 Å². The summed E-state index contributed by atoms with van der Waals surface area (Å²) in [7, 11) is 0. The Bertz CT molecular complexity index is 893. The summed E-state index contributed by atoms with van der Waals surface area (Å²) in [6.45, 7) is 0.892. The van der Waals surface area contributed by atoms with Crippen LogP contribution in [0.5, 0.6) is 0 Å². The molecule has 1 amide bonds. The molecule has 0 saturated carbocycles. The van der Waals surface area contributed by atoms with E-state index in [9.17, 15) is 22.4 Å². The number of benzene rings is 1. The van der Waals surface area contributed by atoms with E-state index in [0.29, 0.717) is 18.7 Å². The SMILES string of the molecule is CC(F)(F)c1ccccc1C(=O)NC1=NCC(c2ncc(F)cc2F)CC1. The highest BCUT2D eigenvalue weighted by Gasteiger charge is 2.30. The Morgan fingerprint density at radius 1 is 1.26 bits per heavy atom. The molecule has 0 spiro atoms. The fourth-order valence-corrected chi connectivity index (χ4v) is 3.01. The second-order valence-corrected chi connectivity index (χ2v) is 6.43. The molecule has 1 aliphatic rings. The van der Waals surface area contributed by atoms with Crippen molar-refractivity contribution in [1.82, 2.24) is 10.3 Å². The number of nitrogens with one attached hydrogen (secondary N) is 1. The maximum atomic E-state index is 13.8. The van der Waals surface area contributed by atoms with Gasteiger partial charge in [0, 0.05) is 43.0 Å². The highest BCUT2D eigenvalue weighted by atomic mass is 19.3. The van der Waals surface area contributed by atoms with Crippen molar-refractivity contribution in [2.24, 2.45) is 4.99 Å². The van der Waals surface area contributed by atoms with Gasteiger partial charge in [0.2, 0.25) is 0 Å². The third-order valence-corrected chi connectivity index (χ3v) is 4.36. The monoisotopic (exact) mass is 379 g/mol. The van der Waals surface area contributed by atoms with E-state index in [0.717, 1.165) is 19.2 Å². The van der Waals surface area contributed by atoms with Gasteiger partial charge >= 0.3 is 0 Å². The van der Waals surface area contributed by atoms with E-state index in [1.807, 2.05) is 0 Å². The van der Waals surface area contributed by atoms with Gasteiger partial charge in [-0.2, -0.15) is 0 Å². The van der Waals surface area contributed by atoms with E-state index in [1.165, 1.54) is 24.3 Å². The minimum absolute atomic E-state index is 0.124. The van der Waals surface area contributed by atoms with Crippen LogP contribution in [0.2, 0.25) is 0 Å². The molecule has 0 fully saturated rings. The number of hydrogen-bond acceptors (Lipinski definition) is 3. The van der Waals surface area contributed by atoms with Gasteiger partial charge in [0.25, 0.3) is 11.8 Å². The Balaban J connectivity index is 1.71. The number of aliphatic imine (C=N–C) groups is 1. The van der Waals surface area contributed by atoms with Crippen molar-refractivity contribution < 1.29 is 22.4 Å². The Labute approximate surface area is 153 Å². The summed E-state index contributed by atoms with van der Waals surface area (Å²) in [5, 5.41) is 2.55. The van der Waals surface area contributed by atoms with Gasteiger partial charge in [0.1, 0.15) is 17.5 Å². The number of amidine groups is 1. The maximum Gasteiger partial charge on any atom is 0.271 e. The molecule has 8 heteroatoms. The van der Waals surface area contributed by atoms with Crippen LogP contribution in [0, 0.1) is 11.6 Å². The number of carbonyl (C=O) groups is 1. The molecule has 1 aromatic carbocycles. The number of amides is 1. The summed E-state index contributed by atoms with van der Waals surface area (Å²) >= 11 is 0. The van der Waals surface area contributed by atoms with E-state index in [4.69, 9.17) is 0 Å². The first-order valence-electron chi connectivity index (χ1n) is 8.38. The normalized spacial score (nSPS) is 17.4. The molecule has 1 N–H and O–H groups in total. The van der Waals surface area contributed by atoms with Crippen molar-refractivity contribution in [3.8, 4) is 0 Å². The molecular weight excluding hydrogens is 362 g/mol. The van der Waals surface area contributed by atoms with Crippen LogP contribution >= 0.6 is 0 Å². The number of rotatable bonds is 3. The molecule has 1 unspecified atom stereocenters. The fourth-order valence-electron chi connectivity index (χ4n) is 3.01. The van der Waals surface area contributed by atoms with Crippen LogP contribution in [-0.2, 0) is 5.92 Å². The van der Waals surface area contributed by atoms with Gasteiger partial charge in [0.05, 0.1) is 11.9 Å². The zero-order valence-electron chi connectivity index (χ0n) is 14.5. The van der Waals surface area contributed by atoms with E-state index >= 15 is 0 Å². The Hall–Kier alpha value is -2.77. The van der Waals surface area contributed by atoms with Crippen LogP contribution in [-0.4, -0.2) is 23.3 Å². The van der Waals surface area contributed by atoms with Crippen LogP contribution < -0.4 is 5.32 Å². The quantitative estimate of drug-likeness (QED) is 0.814. The summed E-state index contributed by atoms with van der Waals surface area (Å²) in [5.41, 5.74) is -0.364. The Morgan fingerprint density at radius 2 is 2.00 bits per heavy atom. The second kappa shape index (κ2) is 7.46. The van der Waals surface area contributed by atoms with Crippen molar-refractivity contribution in [3.05, 3.63) is 65.0 Å². The average Bonchev–Trinajstić information content (AvgIpc) is 2.62. The van der Waals surface area contributed by atoms with Gasteiger partial charge in [0.15, 0.2) is 0 Å². The van der Waals surface area contributed by atoms with Gasteiger partial charge in [-0.1, -0.05) is 18.2 Å². The summed E-state index contributed by atoms with van der Waals surface area (Å²) in [6.07, 6.45) is 1.71. The van der Waals surface area contributed by atoms with Crippen molar-refractivity contribution in [3.63, 3.8) is 0 Å². The summed E-state index contributed by atoms with van der Waals surface area (Å²) in [5.74, 6) is -5.31. The molecule has 3 rings (SSSR count). The van der Waals surface area contributed by atoms with Gasteiger partial charge in [-0.25, -0.2) is 17.6 Å². The summed E-state index contributed by atoms with van der Waals surface area (Å²) in [4.78, 5) is 20.4. The molecule has 142 valence electrons. The number of aromatic nitrogens is 1. The smallest absolute Gasteiger partial charge is 0.271 e. The topological polar surface area (TPSA) is 54.4 Å². The highest BCUT2D eigenvalue weighted by Crippen LogP contribution is 2.30. The molecule has 0 saturated heterocycles. The molecule has 1 aromatic heterocycles. The van der Waals surface area contributed by atoms with Gasteiger partial charge < -0.3 is 5.32 Å². The number of hydrogen-bond donors (Lipinski definition) is 1. The van der Waals surface area contributed by atoms with Gasteiger partial charge in [-0.15, -0.1) is 0 Å². The standard InChI is InChI=1S/C19H17F4N3O/c1-19(22,23)14-5-3-2-4-13(14)18(27)26-16-7-6-11(9-24-16)17-15(21)8-12(20)10-25-17/h2-5,8,10-11H,6-7,9H2,1H3,(H,24,26,27). The van der Waals surface area contributed by atoms with Crippen molar-refractivity contribution in [2.75, 3.05) is 6.54 Å². The Morgan fingerprint density at radius 3 is 2.63 bits per heavy atom. The lowest BCUT2D eigenvalue weighted by molar-refractivity contribution is 0.0164. The number of pyridine rings is 1. The van der Waals surface area contributed by atoms with Crippen LogP contribution in [0.3, 0.4) is 0 Å². The number of halogens is 4. The first kappa shape index (κ1) is 19.0. The molecule has 0 radical (unpaired) electrons. The average molecular weight is 379 g/mol. The molecule has 1 aliphatic heterocycles. The van der Waals surface area contributed by atoms with Crippen LogP contribution in [0.15, 0.2) is 41.5 Å². The van der Waals surface area contributed by atoms with Gasteiger partial charge in [-0.3, -0.25) is 14.8 Å². The number of nitrogens with zero attached hydrogens (tertiary/aromatic N) is 2. The second-order valence-electron chi connectivity index (χ2n) is 6.43. The predicted molar refractivity (Wildman–Crippen MR) is 91.9 cm³/mol. The van der Waals surface area contributed by atoms with Crippen molar-refractivity contribution in [1.29, 1.82) is 0 Å². The fraction of sp³-hybridized carbons (Fsp3) is 0.316. The predicted octanol–water partition coefficient (Wildman–Crippen LogP) is 4.18. The third-order valence-electron chi connectivity index (χ3n) is 4.36. The number of carbonyl (C=O) groups excluding carboxylic acids is 1. The molecular formula is C19H17F4N3O. The highest BCUT2D eigenvalue weighted by molar-refractivity contribution is 6.07. The lowest BCUT2D eigenvalue weighted by atomic mass is 9.95. The van der Waals surface area contributed by atoms with Crippen LogP contribution in [0.4, 0.5) is 17.6 Å². The zero-order valence-corrected chi connectivity index (χ0v) is 14.5. The Kier molecular flexibility index (Phi) is 5.25. The molecule has 0 aliphatic carbocycles. The lowest BCUT2D eigenvalue weighted by Gasteiger charge is -2.22. The van der Waals surface area contributed by atoms with E-state index in [1.54, 1.807) is 0 Å². The van der Waals surface area contributed by atoms with Crippen molar-refractivity contribution in [2.45, 2.75) is 31.6 Å². The van der Waals surface area contributed by atoms with Crippen LogP contribution in [0.1, 0.15) is 47.3 Å². The summed E-state index contributed by atoms with van der Waals surface area (Å²) in [6, 6.07) is 6.25. The van der Waals surface area contributed by atoms with E-state index in [-0.39, 0.29) is 29.3 Å². The molecule has 4 nitrogen and oxygen atoms in total. The molecule has 2 aromatic rings. The number of alkyl halides is 2. The first-order valence-corrected chi connectivity index (χ1v) is 8.38. The minimum atomic E-state index is -3.15. The van der Waals surface area contributed by atoms with Gasteiger partial charge in [-0.05, 0) is 12.5 Å². The van der Waals surface area contributed by atoms with E-state index < -0.39 is 23.5 Å². The molecule has 27 heavy (non-hydrogen) atoms. The lowest BCUT2D eigenvalue weighted by Crippen LogP contribution is -2.34. The third kappa shape index (κ3) is 4.32. The van der Waals surface area contributed by atoms with E-state index in [2.05, 4.69) is 15.3 Å². The summed E-state index contributed by atoms with van der Waals surface area (Å²) < 4.78 is 54.2. The minimum Gasteiger partial charge on any atom is -0.310 e. The molecule has 1 atom stereocenters. The zero-order chi connectivity index (χ0) is 19.6. The maximum absolute atomic E-state index is 13.8.